The predicted molar refractivity (Wildman–Crippen MR) is 178 cm³/mol. The maximum atomic E-state index is 13.6. The van der Waals surface area contributed by atoms with Crippen LogP contribution >= 0.6 is 11.6 Å². The Morgan fingerprint density at radius 1 is 0.860 bits per heavy atom. The van der Waals surface area contributed by atoms with Gasteiger partial charge in [-0.15, -0.1) is 0 Å². The number of halogens is 1. The summed E-state index contributed by atoms with van der Waals surface area (Å²) in [6.45, 7) is 17.7. The normalized spacial score (nSPS) is 17.2. The summed E-state index contributed by atoms with van der Waals surface area (Å²) in [4.78, 5) is 20.4. The number of aryl methyl sites for hydroxylation is 2. The number of ether oxygens (including phenoxy) is 2. The SMILES string of the molecule is CCCCN1CCN(C)CC1.CCOc1cc2c(cc1OCC)C(c1ccc(Cl)cc1)N(c1ccc(C)cc1C)C(=O)C2. The summed E-state index contributed by atoms with van der Waals surface area (Å²) in [7, 11) is 2.21. The van der Waals surface area contributed by atoms with Crippen LogP contribution in [0.4, 0.5) is 5.69 Å². The van der Waals surface area contributed by atoms with Crippen molar-refractivity contribution in [3.05, 3.63) is 87.4 Å². The average Bonchev–Trinajstić information content (AvgIpc) is 2.98. The van der Waals surface area contributed by atoms with Gasteiger partial charge in [0, 0.05) is 36.9 Å². The zero-order valence-corrected chi connectivity index (χ0v) is 27.5. The van der Waals surface area contributed by atoms with E-state index >= 15 is 0 Å². The van der Waals surface area contributed by atoms with Crippen molar-refractivity contribution in [2.75, 3.05) is 57.9 Å². The number of anilines is 1. The van der Waals surface area contributed by atoms with Crippen LogP contribution in [0.1, 0.15) is 67.5 Å². The number of carbonyl (C=O) groups is 1. The Morgan fingerprint density at radius 2 is 1.51 bits per heavy atom. The molecule has 3 aromatic rings. The lowest BCUT2D eigenvalue weighted by molar-refractivity contribution is -0.118. The molecule has 2 aliphatic heterocycles. The van der Waals surface area contributed by atoms with Crippen LogP contribution in [0.15, 0.2) is 54.6 Å². The lowest BCUT2D eigenvalue weighted by atomic mass is 9.86. The first-order valence-electron chi connectivity index (χ1n) is 15.7. The number of amides is 1. The number of likely N-dealkylation sites (N-methyl/N-ethyl adjacent to an activating group) is 1. The highest BCUT2D eigenvalue weighted by molar-refractivity contribution is 6.30. The van der Waals surface area contributed by atoms with Gasteiger partial charge in [-0.3, -0.25) is 4.79 Å². The highest BCUT2D eigenvalue weighted by atomic mass is 35.5. The Morgan fingerprint density at radius 3 is 2.12 bits per heavy atom. The Labute approximate surface area is 263 Å². The third-order valence-corrected chi connectivity index (χ3v) is 8.44. The van der Waals surface area contributed by atoms with Gasteiger partial charge < -0.3 is 24.2 Å². The van der Waals surface area contributed by atoms with Gasteiger partial charge in [-0.25, -0.2) is 0 Å². The summed E-state index contributed by atoms with van der Waals surface area (Å²) in [6, 6.07) is 17.6. The zero-order valence-electron chi connectivity index (χ0n) is 26.8. The van der Waals surface area contributed by atoms with Crippen LogP contribution in [-0.2, 0) is 11.2 Å². The van der Waals surface area contributed by atoms with Crippen LogP contribution in [0.25, 0.3) is 0 Å². The van der Waals surface area contributed by atoms with Crippen molar-refractivity contribution in [1.29, 1.82) is 0 Å². The molecule has 3 aromatic carbocycles. The minimum atomic E-state index is -0.292. The fourth-order valence-corrected chi connectivity index (χ4v) is 6.00. The molecule has 5 rings (SSSR count). The van der Waals surface area contributed by atoms with Gasteiger partial charge in [0.2, 0.25) is 5.91 Å². The summed E-state index contributed by atoms with van der Waals surface area (Å²) in [6.07, 6.45) is 3.00. The smallest absolute Gasteiger partial charge is 0.232 e. The van der Waals surface area contributed by atoms with Gasteiger partial charge in [0.15, 0.2) is 11.5 Å². The third kappa shape index (κ3) is 8.31. The highest BCUT2D eigenvalue weighted by Crippen LogP contribution is 2.44. The van der Waals surface area contributed by atoms with Crippen molar-refractivity contribution in [1.82, 2.24) is 9.80 Å². The largest absolute Gasteiger partial charge is 0.490 e. The monoisotopic (exact) mass is 605 g/mol. The number of nitrogens with zero attached hydrogens (tertiary/aromatic N) is 3. The van der Waals surface area contributed by atoms with E-state index in [4.69, 9.17) is 21.1 Å². The van der Waals surface area contributed by atoms with Gasteiger partial charge in [-0.05, 0) is 100 Å². The Bertz CT molecular complexity index is 1350. The second-order valence-electron chi connectivity index (χ2n) is 11.5. The van der Waals surface area contributed by atoms with Crippen LogP contribution in [-0.4, -0.2) is 68.7 Å². The van der Waals surface area contributed by atoms with Crippen molar-refractivity contribution in [2.45, 2.75) is 59.9 Å². The van der Waals surface area contributed by atoms with E-state index in [1.165, 1.54) is 51.1 Å². The van der Waals surface area contributed by atoms with Gasteiger partial charge in [0.1, 0.15) is 0 Å². The van der Waals surface area contributed by atoms with Crippen molar-refractivity contribution in [3.8, 4) is 11.5 Å². The lowest BCUT2D eigenvalue weighted by Gasteiger charge is -2.39. The highest BCUT2D eigenvalue weighted by Gasteiger charge is 2.36. The summed E-state index contributed by atoms with van der Waals surface area (Å²) in [5.74, 6) is 1.42. The van der Waals surface area contributed by atoms with Gasteiger partial charge in [-0.2, -0.15) is 0 Å². The topological polar surface area (TPSA) is 45.2 Å². The Kier molecular flexibility index (Phi) is 11.9. The number of hydrogen-bond donors (Lipinski definition) is 0. The minimum absolute atomic E-state index is 0.0519. The van der Waals surface area contributed by atoms with Crippen LogP contribution in [0, 0.1) is 13.8 Å². The van der Waals surface area contributed by atoms with Gasteiger partial charge in [0.25, 0.3) is 0 Å². The second kappa shape index (κ2) is 15.6. The van der Waals surface area contributed by atoms with Crippen molar-refractivity contribution in [2.24, 2.45) is 0 Å². The van der Waals surface area contributed by atoms with E-state index in [0.717, 1.165) is 27.9 Å². The molecule has 1 unspecified atom stereocenters. The van der Waals surface area contributed by atoms with Gasteiger partial charge in [0.05, 0.1) is 25.7 Å². The molecule has 7 heteroatoms. The first-order chi connectivity index (χ1) is 20.7. The quantitative estimate of drug-likeness (QED) is 0.253. The van der Waals surface area contributed by atoms with Crippen molar-refractivity contribution >= 4 is 23.2 Å². The third-order valence-electron chi connectivity index (χ3n) is 8.19. The van der Waals surface area contributed by atoms with E-state index in [1.54, 1.807) is 0 Å². The number of unbranched alkanes of at least 4 members (excludes halogenated alkanes) is 1. The molecule has 0 saturated carbocycles. The molecule has 0 spiro atoms. The minimum Gasteiger partial charge on any atom is -0.490 e. The Hall–Kier alpha value is -3.06. The van der Waals surface area contributed by atoms with E-state index in [2.05, 4.69) is 36.8 Å². The molecule has 0 radical (unpaired) electrons. The molecule has 2 heterocycles. The molecule has 43 heavy (non-hydrogen) atoms. The van der Waals surface area contributed by atoms with Gasteiger partial charge in [-0.1, -0.05) is 54.8 Å². The molecule has 1 amide bonds. The second-order valence-corrected chi connectivity index (χ2v) is 12.0. The standard InChI is InChI=1S/C27H28ClNO3.C9H20N2/c1-5-31-24-14-20-15-26(30)29(23-12-7-17(3)13-18(23)4)27(19-8-10-21(28)11-9-19)22(20)16-25(24)32-6-2;1-3-4-5-11-8-6-10(2)7-9-11/h7-14,16,27H,5-6,15H2,1-4H3;3-9H2,1-2H3. The molecular formula is C36H48ClN3O3. The average molecular weight is 606 g/mol. The van der Waals surface area contributed by atoms with Crippen LogP contribution < -0.4 is 14.4 Å². The van der Waals surface area contributed by atoms with E-state index in [0.29, 0.717) is 36.2 Å². The van der Waals surface area contributed by atoms with E-state index < -0.39 is 0 Å². The molecule has 0 aliphatic carbocycles. The fraction of sp³-hybridized carbons (Fsp3) is 0.472. The van der Waals surface area contributed by atoms with Crippen molar-refractivity contribution in [3.63, 3.8) is 0 Å². The molecular weight excluding hydrogens is 558 g/mol. The maximum absolute atomic E-state index is 13.6. The van der Waals surface area contributed by atoms with Crippen LogP contribution in [0.2, 0.25) is 5.02 Å². The maximum Gasteiger partial charge on any atom is 0.232 e. The summed E-state index contributed by atoms with van der Waals surface area (Å²) < 4.78 is 11.7. The van der Waals surface area contributed by atoms with E-state index in [1.807, 2.05) is 74.2 Å². The predicted octanol–water partition coefficient (Wildman–Crippen LogP) is 7.47. The zero-order chi connectivity index (χ0) is 30.9. The number of rotatable bonds is 9. The van der Waals surface area contributed by atoms with E-state index in [-0.39, 0.29) is 11.9 Å². The summed E-state index contributed by atoms with van der Waals surface area (Å²) >= 11 is 6.18. The van der Waals surface area contributed by atoms with Crippen LogP contribution in [0.3, 0.4) is 0 Å². The Balaban J connectivity index is 0.000000324. The van der Waals surface area contributed by atoms with Gasteiger partial charge >= 0.3 is 0 Å². The first-order valence-corrected chi connectivity index (χ1v) is 16.1. The molecule has 1 fully saturated rings. The summed E-state index contributed by atoms with van der Waals surface area (Å²) in [5, 5.41) is 0.663. The number of fused-ring (bicyclic) bond motifs is 1. The lowest BCUT2D eigenvalue weighted by Crippen LogP contribution is -2.44. The van der Waals surface area contributed by atoms with Crippen LogP contribution in [0.5, 0.6) is 11.5 Å². The molecule has 0 aromatic heterocycles. The molecule has 2 aliphatic rings. The van der Waals surface area contributed by atoms with E-state index in [9.17, 15) is 4.79 Å². The molecule has 6 nitrogen and oxygen atoms in total. The number of piperazine rings is 1. The molecule has 0 bridgehead atoms. The molecule has 232 valence electrons. The van der Waals surface area contributed by atoms with Crippen molar-refractivity contribution < 1.29 is 14.3 Å². The number of carbonyl (C=O) groups excluding carboxylic acids is 1. The molecule has 1 atom stereocenters. The number of hydrogen-bond acceptors (Lipinski definition) is 5. The summed E-state index contributed by atoms with van der Waals surface area (Å²) in [5.41, 5.74) is 6.14. The molecule has 0 N–H and O–H groups in total. The number of benzene rings is 3. The molecule has 1 saturated heterocycles. The fourth-order valence-electron chi connectivity index (χ4n) is 5.87. The first kappa shape index (κ1) is 32.8.